The van der Waals surface area contributed by atoms with Crippen LogP contribution in [0, 0.1) is 11.8 Å². The number of halogens is 1. The predicted octanol–water partition coefficient (Wildman–Crippen LogP) is 4.16. The van der Waals surface area contributed by atoms with E-state index >= 15 is 0 Å². The molecular formula is C15H19ClN2O2S. The summed E-state index contributed by atoms with van der Waals surface area (Å²) in [6, 6.07) is 5.57. The molecule has 1 aromatic carbocycles. The fraction of sp³-hybridized carbons (Fsp3) is 0.467. The molecule has 1 aromatic heterocycles. The minimum absolute atomic E-state index is 0.00706. The maximum absolute atomic E-state index is 10.8. The van der Waals surface area contributed by atoms with Crippen LogP contribution < -0.4 is 0 Å². The van der Waals surface area contributed by atoms with Crippen LogP contribution in [-0.2, 0) is 11.3 Å². The highest BCUT2D eigenvalue weighted by Gasteiger charge is 2.16. The summed E-state index contributed by atoms with van der Waals surface area (Å²) >= 11 is 7.33. The van der Waals surface area contributed by atoms with Crippen LogP contribution >= 0.6 is 23.4 Å². The minimum atomic E-state index is -0.839. The van der Waals surface area contributed by atoms with Crippen LogP contribution in [0.15, 0.2) is 23.4 Å². The van der Waals surface area contributed by atoms with Gasteiger partial charge in [-0.15, -0.1) is 0 Å². The summed E-state index contributed by atoms with van der Waals surface area (Å²) in [7, 11) is 0. The number of carboxylic acids is 1. The van der Waals surface area contributed by atoms with Crippen molar-refractivity contribution in [3.05, 3.63) is 23.2 Å². The van der Waals surface area contributed by atoms with Gasteiger partial charge < -0.3 is 9.67 Å². The Balaban J connectivity index is 2.42. The molecule has 0 bridgehead atoms. The summed E-state index contributed by atoms with van der Waals surface area (Å²) in [6.45, 7) is 7.35. The van der Waals surface area contributed by atoms with Crippen LogP contribution in [0.1, 0.15) is 20.8 Å². The minimum Gasteiger partial charge on any atom is -0.481 e. The molecule has 0 amide bonds. The Labute approximate surface area is 133 Å². The monoisotopic (exact) mass is 326 g/mol. The van der Waals surface area contributed by atoms with Crippen molar-refractivity contribution < 1.29 is 9.90 Å². The smallest absolute Gasteiger partial charge is 0.313 e. The highest BCUT2D eigenvalue weighted by atomic mass is 35.5. The first kappa shape index (κ1) is 16.2. The lowest BCUT2D eigenvalue weighted by Crippen LogP contribution is -2.14. The fourth-order valence-electron chi connectivity index (χ4n) is 1.99. The number of aliphatic carboxylic acids is 1. The molecule has 1 heterocycles. The largest absolute Gasteiger partial charge is 0.481 e. The van der Waals surface area contributed by atoms with Gasteiger partial charge >= 0.3 is 5.97 Å². The van der Waals surface area contributed by atoms with E-state index in [0.717, 1.165) is 22.7 Å². The number of thioether (sulfide) groups is 1. The number of benzene rings is 1. The van der Waals surface area contributed by atoms with Gasteiger partial charge in [-0.05, 0) is 30.0 Å². The summed E-state index contributed by atoms with van der Waals surface area (Å²) in [5.74, 6) is 0.172. The van der Waals surface area contributed by atoms with Gasteiger partial charge in [-0.25, -0.2) is 4.98 Å². The SMILES string of the molecule is CC(C)C(C)Cn1c(SCC(=O)O)nc2ccc(Cl)cc21. The van der Waals surface area contributed by atoms with Gasteiger partial charge in [-0.3, -0.25) is 4.79 Å². The van der Waals surface area contributed by atoms with E-state index in [1.54, 1.807) is 6.07 Å². The summed E-state index contributed by atoms with van der Waals surface area (Å²) in [5.41, 5.74) is 1.81. The van der Waals surface area contributed by atoms with E-state index in [0.29, 0.717) is 16.9 Å². The Kier molecular flexibility index (Phi) is 5.17. The number of hydrogen-bond donors (Lipinski definition) is 1. The second kappa shape index (κ2) is 6.71. The zero-order chi connectivity index (χ0) is 15.6. The zero-order valence-electron chi connectivity index (χ0n) is 12.3. The molecule has 4 nitrogen and oxygen atoms in total. The van der Waals surface area contributed by atoms with Crippen molar-refractivity contribution in [1.29, 1.82) is 0 Å². The molecule has 0 aliphatic heterocycles. The molecule has 1 N–H and O–H groups in total. The molecule has 0 spiro atoms. The van der Waals surface area contributed by atoms with E-state index < -0.39 is 5.97 Å². The number of carboxylic acid groups (broad SMARTS) is 1. The van der Waals surface area contributed by atoms with Crippen molar-refractivity contribution >= 4 is 40.4 Å². The van der Waals surface area contributed by atoms with Crippen LogP contribution in [0.4, 0.5) is 0 Å². The molecular weight excluding hydrogens is 308 g/mol. The van der Waals surface area contributed by atoms with Crippen molar-refractivity contribution in [2.24, 2.45) is 11.8 Å². The van der Waals surface area contributed by atoms with Gasteiger partial charge in [-0.1, -0.05) is 44.1 Å². The number of aromatic nitrogens is 2. The molecule has 6 heteroatoms. The lowest BCUT2D eigenvalue weighted by atomic mass is 9.98. The first-order valence-electron chi connectivity index (χ1n) is 6.89. The van der Waals surface area contributed by atoms with E-state index in [-0.39, 0.29) is 5.75 Å². The van der Waals surface area contributed by atoms with Crippen molar-refractivity contribution in [1.82, 2.24) is 9.55 Å². The normalized spacial score (nSPS) is 13.0. The molecule has 0 saturated carbocycles. The van der Waals surface area contributed by atoms with Crippen LogP contribution in [0.25, 0.3) is 11.0 Å². The van der Waals surface area contributed by atoms with Gasteiger partial charge in [0.25, 0.3) is 0 Å². The average molecular weight is 327 g/mol. The molecule has 2 aromatic rings. The summed E-state index contributed by atoms with van der Waals surface area (Å²) in [6.07, 6.45) is 0. The Hall–Kier alpha value is -1.20. The van der Waals surface area contributed by atoms with E-state index in [4.69, 9.17) is 16.7 Å². The molecule has 1 atom stereocenters. The topological polar surface area (TPSA) is 55.1 Å². The molecule has 0 saturated heterocycles. The third kappa shape index (κ3) is 3.92. The zero-order valence-corrected chi connectivity index (χ0v) is 13.9. The predicted molar refractivity (Wildman–Crippen MR) is 87.1 cm³/mol. The van der Waals surface area contributed by atoms with Crippen molar-refractivity contribution in [3.8, 4) is 0 Å². The van der Waals surface area contributed by atoms with Gasteiger partial charge in [0.15, 0.2) is 5.16 Å². The Bertz CT molecular complexity index is 654. The van der Waals surface area contributed by atoms with E-state index in [2.05, 4.69) is 30.3 Å². The third-order valence-electron chi connectivity index (χ3n) is 3.61. The molecule has 0 aliphatic carbocycles. The molecule has 0 radical (unpaired) electrons. The number of fused-ring (bicyclic) bond motifs is 1. The quantitative estimate of drug-likeness (QED) is 0.810. The van der Waals surface area contributed by atoms with E-state index in [9.17, 15) is 4.79 Å². The molecule has 2 rings (SSSR count). The van der Waals surface area contributed by atoms with Crippen molar-refractivity contribution in [3.63, 3.8) is 0 Å². The van der Waals surface area contributed by atoms with Gasteiger partial charge in [0, 0.05) is 11.6 Å². The van der Waals surface area contributed by atoms with Gasteiger partial charge in [0.2, 0.25) is 0 Å². The number of hydrogen-bond acceptors (Lipinski definition) is 3. The molecule has 0 fully saturated rings. The Morgan fingerprint density at radius 2 is 2.14 bits per heavy atom. The second-order valence-electron chi connectivity index (χ2n) is 5.54. The first-order valence-corrected chi connectivity index (χ1v) is 8.25. The lowest BCUT2D eigenvalue weighted by Gasteiger charge is -2.18. The van der Waals surface area contributed by atoms with Crippen LogP contribution in [0.3, 0.4) is 0 Å². The number of carbonyl (C=O) groups is 1. The van der Waals surface area contributed by atoms with Gasteiger partial charge in [0.05, 0.1) is 16.8 Å². The Morgan fingerprint density at radius 1 is 1.43 bits per heavy atom. The summed E-state index contributed by atoms with van der Waals surface area (Å²) in [4.78, 5) is 15.3. The molecule has 1 unspecified atom stereocenters. The maximum Gasteiger partial charge on any atom is 0.313 e. The van der Waals surface area contributed by atoms with Gasteiger partial charge in [-0.2, -0.15) is 0 Å². The highest BCUT2D eigenvalue weighted by molar-refractivity contribution is 7.99. The Morgan fingerprint density at radius 3 is 2.76 bits per heavy atom. The van der Waals surface area contributed by atoms with Crippen LogP contribution in [0.5, 0.6) is 0 Å². The summed E-state index contributed by atoms with van der Waals surface area (Å²) in [5, 5.41) is 10.3. The highest BCUT2D eigenvalue weighted by Crippen LogP contribution is 2.28. The second-order valence-corrected chi connectivity index (χ2v) is 6.92. The number of rotatable bonds is 6. The fourth-order valence-corrected chi connectivity index (χ4v) is 2.90. The van der Waals surface area contributed by atoms with Crippen LogP contribution in [-0.4, -0.2) is 26.4 Å². The van der Waals surface area contributed by atoms with Crippen molar-refractivity contribution in [2.45, 2.75) is 32.5 Å². The van der Waals surface area contributed by atoms with E-state index in [1.165, 1.54) is 11.8 Å². The number of nitrogens with zero attached hydrogens (tertiary/aromatic N) is 2. The van der Waals surface area contributed by atoms with Crippen LogP contribution in [0.2, 0.25) is 5.02 Å². The molecule has 21 heavy (non-hydrogen) atoms. The van der Waals surface area contributed by atoms with E-state index in [1.807, 2.05) is 12.1 Å². The average Bonchev–Trinajstić information content (AvgIpc) is 2.74. The number of imidazole rings is 1. The maximum atomic E-state index is 10.8. The molecule has 0 aliphatic rings. The van der Waals surface area contributed by atoms with Crippen molar-refractivity contribution in [2.75, 3.05) is 5.75 Å². The first-order chi connectivity index (χ1) is 9.88. The standard InChI is InChI=1S/C15H19ClN2O2S/c1-9(2)10(3)7-18-13-6-11(16)4-5-12(13)17-15(18)21-8-14(19)20/h4-6,9-10H,7-8H2,1-3H3,(H,19,20). The summed E-state index contributed by atoms with van der Waals surface area (Å²) < 4.78 is 2.08. The molecule has 114 valence electrons. The van der Waals surface area contributed by atoms with Gasteiger partial charge in [0.1, 0.15) is 0 Å². The third-order valence-corrected chi connectivity index (χ3v) is 4.80. The lowest BCUT2D eigenvalue weighted by molar-refractivity contribution is -0.133.